The van der Waals surface area contributed by atoms with E-state index >= 15 is 0 Å². The van der Waals surface area contributed by atoms with Crippen LogP contribution < -0.4 is 0 Å². The number of aromatic nitrogens is 2. The van der Waals surface area contributed by atoms with Gasteiger partial charge in [0.1, 0.15) is 5.82 Å². The molecule has 1 N–H and O–H groups in total. The smallest absolute Gasteiger partial charge is 0.282 e. The highest BCUT2D eigenvalue weighted by atomic mass is 32.2. The summed E-state index contributed by atoms with van der Waals surface area (Å²) < 4.78 is 81.2. The number of alkyl halides is 3. The normalized spacial score (nSPS) is 21.1. The van der Waals surface area contributed by atoms with Crippen LogP contribution in [0.4, 0.5) is 17.6 Å². The summed E-state index contributed by atoms with van der Waals surface area (Å²) >= 11 is 0. The fourth-order valence-corrected chi connectivity index (χ4v) is 5.99. The van der Waals surface area contributed by atoms with Crippen LogP contribution >= 0.6 is 0 Å². The molecule has 2 atom stereocenters. The van der Waals surface area contributed by atoms with Gasteiger partial charge >= 0.3 is 6.18 Å². The predicted molar refractivity (Wildman–Crippen MR) is 93.7 cm³/mol. The van der Waals surface area contributed by atoms with Gasteiger partial charge in [0.05, 0.1) is 28.7 Å². The summed E-state index contributed by atoms with van der Waals surface area (Å²) in [5, 5.41) is 6.81. The van der Waals surface area contributed by atoms with Gasteiger partial charge in [-0.25, -0.2) is 12.8 Å². The molecule has 0 radical (unpaired) electrons. The zero-order chi connectivity index (χ0) is 20.6. The van der Waals surface area contributed by atoms with Crippen LogP contribution in [-0.4, -0.2) is 22.9 Å². The van der Waals surface area contributed by atoms with Gasteiger partial charge in [-0.1, -0.05) is 12.1 Å². The molecule has 2 unspecified atom stereocenters. The highest BCUT2D eigenvalue weighted by molar-refractivity contribution is 7.89. The summed E-state index contributed by atoms with van der Waals surface area (Å²) in [7, 11) is -4.21. The average molecular weight is 423 g/mol. The molecule has 150 valence electrons. The molecule has 29 heavy (non-hydrogen) atoms. The van der Waals surface area contributed by atoms with Crippen molar-refractivity contribution < 1.29 is 26.0 Å². The Labute approximate surface area is 163 Å². The van der Waals surface area contributed by atoms with Crippen molar-refractivity contribution >= 4 is 10.0 Å². The van der Waals surface area contributed by atoms with Crippen LogP contribution in [0.25, 0.3) is 0 Å². The maximum atomic E-state index is 14.6. The molecule has 0 saturated carbocycles. The van der Waals surface area contributed by atoms with Crippen molar-refractivity contribution in [2.75, 3.05) is 0 Å². The number of benzene rings is 2. The minimum atomic E-state index is -4.57. The molecule has 2 bridgehead atoms. The van der Waals surface area contributed by atoms with E-state index in [2.05, 4.69) is 10.2 Å². The molecule has 0 fully saturated rings. The number of halogens is 4. The number of nitrogens with one attached hydrogen (secondary N) is 1. The molecule has 0 amide bonds. The van der Waals surface area contributed by atoms with Crippen molar-refractivity contribution in [1.29, 1.82) is 0 Å². The highest BCUT2D eigenvalue weighted by Gasteiger charge is 2.52. The van der Waals surface area contributed by atoms with Gasteiger partial charge in [-0.2, -0.15) is 22.6 Å². The second kappa shape index (κ2) is 5.90. The van der Waals surface area contributed by atoms with Crippen LogP contribution in [0.3, 0.4) is 0 Å². The van der Waals surface area contributed by atoms with Crippen LogP contribution in [0.5, 0.6) is 0 Å². The molecule has 5 rings (SSSR count). The molecule has 0 aliphatic carbocycles. The van der Waals surface area contributed by atoms with E-state index in [1.165, 1.54) is 22.6 Å². The lowest BCUT2D eigenvalue weighted by atomic mass is 10.0. The third-order valence-corrected chi connectivity index (χ3v) is 7.37. The standard InChI is InChI=1S/C19H13F4N3O2S/c20-14-3-1-2-12-17(14)16-8-15-13(9-24-25-15)18(12)26(16)29(27,28)11-6-4-10(5-7-11)19(21,22)23/h1-7,9,16,18H,8H2,(H,24,25). The molecule has 0 saturated heterocycles. The zero-order valence-electron chi connectivity index (χ0n) is 14.6. The van der Waals surface area contributed by atoms with Gasteiger partial charge < -0.3 is 0 Å². The van der Waals surface area contributed by atoms with Crippen molar-refractivity contribution in [2.24, 2.45) is 0 Å². The zero-order valence-corrected chi connectivity index (χ0v) is 15.4. The van der Waals surface area contributed by atoms with E-state index in [1.807, 2.05) is 0 Å². The highest BCUT2D eigenvalue weighted by Crippen LogP contribution is 2.54. The molecule has 10 heteroatoms. The third kappa shape index (κ3) is 2.55. The lowest BCUT2D eigenvalue weighted by Crippen LogP contribution is -2.37. The molecule has 2 aliphatic heterocycles. The molecule has 5 nitrogen and oxygen atoms in total. The quantitative estimate of drug-likeness (QED) is 0.635. The first-order valence-electron chi connectivity index (χ1n) is 8.71. The van der Waals surface area contributed by atoms with E-state index in [0.29, 0.717) is 11.1 Å². The maximum absolute atomic E-state index is 14.6. The molecule has 1 aromatic heterocycles. The van der Waals surface area contributed by atoms with Gasteiger partial charge in [0.25, 0.3) is 0 Å². The molecule has 2 aromatic carbocycles. The number of rotatable bonds is 2. The lowest BCUT2D eigenvalue weighted by Gasteiger charge is -2.33. The molecule has 3 heterocycles. The number of sulfonamides is 1. The monoisotopic (exact) mass is 423 g/mol. The fourth-order valence-electron chi connectivity index (χ4n) is 4.24. The van der Waals surface area contributed by atoms with Gasteiger partial charge in [-0.3, -0.25) is 5.10 Å². The first-order chi connectivity index (χ1) is 13.7. The van der Waals surface area contributed by atoms with Gasteiger partial charge in [0, 0.05) is 23.2 Å². The Kier molecular flexibility index (Phi) is 3.72. The van der Waals surface area contributed by atoms with Crippen LogP contribution in [0.2, 0.25) is 0 Å². The van der Waals surface area contributed by atoms with Crippen molar-refractivity contribution in [3.05, 3.63) is 82.4 Å². The SMILES string of the molecule is O=S(=O)(c1ccc(C(F)(F)F)cc1)N1C2Cc3[nH]ncc3C1c1cccc(F)c12. The van der Waals surface area contributed by atoms with Crippen molar-refractivity contribution in [2.45, 2.75) is 29.6 Å². The second-order valence-corrected chi connectivity index (χ2v) is 8.87. The van der Waals surface area contributed by atoms with Gasteiger partial charge in [0.15, 0.2) is 0 Å². The van der Waals surface area contributed by atoms with Crippen LogP contribution in [0.1, 0.15) is 40.0 Å². The minimum Gasteiger partial charge on any atom is -0.282 e. The van der Waals surface area contributed by atoms with Crippen LogP contribution in [0.15, 0.2) is 53.6 Å². The Bertz CT molecular complexity index is 1220. The molecule has 2 aliphatic rings. The third-order valence-electron chi connectivity index (χ3n) is 5.48. The summed E-state index contributed by atoms with van der Waals surface area (Å²) in [5.41, 5.74) is 1.20. The number of nitrogens with zero attached hydrogens (tertiary/aromatic N) is 2. The molecule has 0 spiro atoms. The summed E-state index contributed by atoms with van der Waals surface area (Å²) in [4.78, 5) is -0.277. The van der Waals surface area contributed by atoms with E-state index in [9.17, 15) is 26.0 Å². The van der Waals surface area contributed by atoms with Crippen molar-refractivity contribution in [3.63, 3.8) is 0 Å². The largest absolute Gasteiger partial charge is 0.416 e. The maximum Gasteiger partial charge on any atom is 0.416 e. The average Bonchev–Trinajstić information content (AvgIpc) is 3.23. The molecule has 3 aromatic rings. The molecular weight excluding hydrogens is 410 g/mol. The summed E-state index contributed by atoms with van der Waals surface area (Å²) in [6.45, 7) is 0. The van der Waals surface area contributed by atoms with Gasteiger partial charge in [-0.15, -0.1) is 0 Å². The number of hydrogen-bond acceptors (Lipinski definition) is 3. The van der Waals surface area contributed by atoms with E-state index in [0.717, 1.165) is 30.0 Å². The van der Waals surface area contributed by atoms with E-state index in [4.69, 9.17) is 0 Å². The topological polar surface area (TPSA) is 66.1 Å². The summed E-state index contributed by atoms with van der Waals surface area (Å²) in [6, 6.07) is 6.18. The number of fused-ring (bicyclic) bond motifs is 7. The van der Waals surface area contributed by atoms with E-state index in [1.54, 1.807) is 6.07 Å². The van der Waals surface area contributed by atoms with Gasteiger partial charge in [-0.05, 0) is 35.9 Å². The van der Waals surface area contributed by atoms with Crippen LogP contribution in [-0.2, 0) is 22.6 Å². The number of H-pyrrole nitrogens is 1. The predicted octanol–water partition coefficient (Wildman–Crippen LogP) is 3.96. The summed E-state index contributed by atoms with van der Waals surface area (Å²) in [5.74, 6) is -0.513. The molecular formula is C19H13F4N3O2S. The first-order valence-corrected chi connectivity index (χ1v) is 10.1. The Hall–Kier alpha value is -2.72. The van der Waals surface area contributed by atoms with E-state index in [-0.39, 0.29) is 16.9 Å². The first kappa shape index (κ1) is 18.3. The van der Waals surface area contributed by atoms with E-state index < -0.39 is 39.7 Å². The van der Waals surface area contributed by atoms with Gasteiger partial charge in [0.2, 0.25) is 10.0 Å². The fraction of sp³-hybridized carbons (Fsp3) is 0.211. The number of hydrogen-bond donors (Lipinski definition) is 1. The Morgan fingerprint density at radius 1 is 1.07 bits per heavy atom. The van der Waals surface area contributed by atoms with Crippen molar-refractivity contribution in [3.8, 4) is 0 Å². The second-order valence-electron chi connectivity index (χ2n) is 7.03. The number of aromatic amines is 1. The Morgan fingerprint density at radius 2 is 1.79 bits per heavy atom. The van der Waals surface area contributed by atoms with Crippen molar-refractivity contribution in [1.82, 2.24) is 14.5 Å². The Morgan fingerprint density at radius 3 is 2.48 bits per heavy atom. The lowest BCUT2D eigenvalue weighted by molar-refractivity contribution is -0.137. The minimum absolute atomic E-state index is 0.194. The van der Waals surface area contributed by atoms with Crippen LogP contribution in [0, 0.1) is 5.82 Å². The Balaban J connectivity index is 1.66. The summed E-state index contributed by atoms with van der Waals surface area (Å²) in [6.07, 6.45) is -2.87.